The van der Waals surface area contributed by atoms with Gasteiger partial charge < -0.3 is 30.0 Å². The Bertz CT molecular complexity index is 1070. The predicted molar refractivity (Wildman–Crippen MR) is 127 cm³/mol. The number of primary amides is 1. The molecule has 35 heavy (non-hydrogen) atoms. The third-order valence-electron chi connectivity index (χ3n) is 7.63. The van der Waals surface area contributed by atoms with Crippen molar-refractivity contribution >= 4 is 17.7 Å². The summed E-state index contributed by atoms with van der Waals surface area (Å²) in [7, 11) is 0. The number of carbonyl (C=O) groups excluding carboxylic acids is 3. The Balaban J connectivity index is 1.13. The Morgan fingerprint density at radius 3 is 2.43 bits per heavy atom. The zero-order valence-corrected chi connectivity index (χ0v) is 19.7. The van der Waals surface area contributed by atoms with Crippen LogP contribution >= 0.6 is 0 Å². The average molecular weight is 481 g/mol. The fourth-order valence-electron chi connectivity index (χ4n) is 5.95. The molecule has 0 spiro atoms. The van der Waals surface area contributed by atoms with E-state index in [0.29, 0.717) is 30.5 Å². The van der Waals surface area contributed by atoms with Crippen LogP contribution in [0.15, 0.2) is 47.1 Å². The molecular weight excluding hydrogens is 448 g/mol. The number of β-amino-alcohol motifs (C(OH)–C–C–N with tert-alkyl or cyclic N) is 1. The summed E-state index contributed by atoms with van der Waals surface area (Å²) in [4.78, 5) is 43.5. The van der Waals surface area contributed by atoms with Gasteiger partial charge in [0.2, 0.25) is 11.8 Å². The van der Waals surface area contributed by atoms with E-state index in [0.717, 1.165) is 38.0 Å². The second-order valence-corrected chi connectivity index (χ2v) is 9.99. The lowest BCUT2D eigenvalue weighted by Crippen LogP contribution is -2.47. The van der Waals surface area contributed by atoms with Crippen molar-refractivity contribution in [3.8, 4) is 0 Å². The fourth-order valence-corrected chi connectivity index (χ4v) is 5.95. The van der Waals surface area contributed by atoms with Gasteiger partial charge in [-0.3, -0.25) is 14.4 Å². The molecule has 1 aromatic carbocycles. The summed E-state index contributed by atoms with van der Waals surface area (Å²) < 4.78 is 5.22. The van der Waals surface area contributed by atoms with Crippen molar-refractivity contribution in [2.24, 2.45) is 17.6 Å². The van der Waals surface area contributed by atoms with Crippen LogP contribution in [0.3, 0.4) is 0 Å². The Morgan fingerprint density at radius 2 is 1.74 bits per heavy atom. The molecule has 186 valence electrons. The predicted octanol–water partition coefficient (Wildman–Crippen LogP) is 0.977. The number of aliphatic hydroxyl groups excluding tert-OH is 1. The number of nitrogens with zero attached hydrogens (tertiary/aromatic N) is 3. The highest BCUT2D eigenvalue weighted by Gasteiger charge is 2.46. The number of nitrogens with two attached hydrogens (primary N) is 1. The van der Waals surface area contributed by atoms with Gasteiger partial charge in [0.05, 0.1) is 12.4 Å². The van der Waals surface area contributed by atoms with Crippen molar-refractivity contribution < 1.29 is 23.9 Å². The van der Waals surface area contributed by atoms with Crippen LogP contribution in [0.1, 0.15) is 39.3 Å². The second-order valence-electron chi connectivity index (χ2n) is 9.99. The first-order valence-electron chi connectivity index (χ1n) is 12.3. The SMILES string of the molecule is NC(=O)c1ccccc1CCCN1CC2CN(C(=O)C3C[C@H](O)CN3C(=O)c3ccco3)CC2C1. The van der Waals surface area contributed by atoms with Crippen molar-refractivity contribution in [1.82, 2.24) is 14.7 Å². The minimum Gasteiger partial charge on any atom is -0.459 e. The van der Waals surface area contributed by atoms with Crippen molar-refractivity contribution in [3.63, 3.8) is 0 Å². The van der Waals surface area contributed by atoms with Gasteiger partial charge in [0, 0.05) is 44.7 Å². The summed E-state index contributed by atoms with van der Waals surface area (Å²) in [5.41, 5.74) is 7.07. The summed E-state index contributed by atoms with van der Waals surface area (Å²) in [5, 5.41) is 10.2. The molecule has 9 nitrogen and oxygen atoms in total. The molecule has 0 aliphatic carbocycles. The van der Waals surface area contributed by atoms with Crippen molar-refractivity contribution in [2.45, 2.75) is 31.4 Å². The number of aliphatic hydroxyl groups is 1. The summed E-state index contributed by atoms with van der Waals surface area (Å²) in [5.74, 6) is 0.193. The first kappa shape index (κ1) is 23.6. The summed E-state index contributed by atoms with van der Waals surface area (Å²) in [6, 6.07) is 10.1. The van der Waals surface area contributed by atoms with Gasteiger partial charge in [-0.2, -0.15) is 0 Å². The fraction of sp³-hybridized carbons (Fsp3) is 0.500. The van der Waals surface area contributed by atoms with Crippen LogP contribution in [0.25, 0.3) is 0 Å². The lowest BCUT2D eigenvalue weighted by atomic mass is 10.0. The number of fused-ring (bicyclic) bond motifs is 1. The van der Waals surface area contributed by atoms with E-state index in [9.17, 15) is 19.5 Å². The maximum atomic E-state index is 13.3. The highest BCUT2D eigenvalue weighted by atomic mass is 16.3. The Morgan fingerprint density at radius 1 is 1.00 bits per heavy atom. The van der Waals surface area contributed by atoms with E-state index in [1.807, 2.05) is 23.1 Å². The van der Waals surface area contributed by atoms with E-state index in [4.69, 9.17) is 10.2 Å². The molecule has 4 atom stereocenters. The molecule has 1 aromatic heterocycles. The van der Waals surface area contributed by atoms with Gasteiger partial charge in [0.25, 0.3) is 5.91 Å². The van der Waals surface area contributed by atoms with Crippen LogP contribution in [-0.2, 0) is 11.2 Å². The highest BCUT2D eigenvalue weighted by molar-refractivity contribution is 5.96. The number of likely N-dealkylation sites (tertiary alicyclic amines) is 3. The summed E-state index contributed by atoms with van der Waals surface area (Å²) in [6.45, 7) is 4.32. The van der Waals surface area contributed by atoms with Crippen molar-refractivity contribution in [2.75, 3.05) is 39.3 Å². The first-order chi connectivity index (χ1) is 16.9. The van der Waals surface area contributed by atoms with Gasteiger partial charge in [-0.05, 0) is 55.0 Å². The Kier molecular flexibility index (Phi) is 6.62. The normalized spacial score (nSPS) is 26.3. The molecule has 3 aliphatic heterocycles. The van der Waals surface area contributed by atoms with E-state index in [-0.39, 0.29) is 36.4 Å². The number of amides is 3. The third kappa shape index (κ3) is 4.83. The molecule has 4 heterocycles. The first-order valence-corrected chi connectivity index (χ1v) is 12.3. The third-order valence-corrected chi connectivity index (χ3v) is 7.63. The van der Waals surface area contributed by atoms with Crippen LogP contribution in [-0.4, -0.2) is 88.9 Å². The Hall–Kier alpha value is -3.17. The maximum Gasteiger partial charge on any atom is 0.290 e. The van der Waals surface area contributed by atoms with E-state index >= 15 is 0 Å². The lowest BCUT2D eigenvalue weighted by molar-refractivity contribution is -0.134. The number of rotatable bonds is 7. The largest absolute Gasteiger partial charge is 0.459 e. The van der Waals surface area contributed by atoms with E-state index in [2.05, 4.69) is 4.90 Å². The van der Waals surface area contributed by atoms with Gasteiger partial charge in [-0.25, -0.2) is 0 Å². The molecule has 0 radical (unpaired) electrons. The maximum absolute atomic E-state index is 13.3. The smallest absolute Gasteiger partial charge is 0.290 e. The topological polar surface area (TPSA) is 120 Å². The zero-order chi connectivity index (χ0) is 24.5. The number of furan rings is 1. The average Bonchev–Trinajstić information content (AvgIpc) is 3.62. The minimum atomic E-state index is -0.708. The van der Waals surface area contributed by atoms with Crippen LogP contribution in [0.2, 0.25) is 0 Å². The van der Waals surface area contributed by atoms with Crippen LogP contribution in [0, 0.1) is 11.8 Å². The quantitative estimate of drug-likeness (QED) is 0.610. The molecule has 0 saturated carbocycles. The zero-order valence-electron chi connectivity index (χ0n) is 19.7. The van der Waals surface area contributed by atoms with Crippen LogP contribution in [0.4, 0.5) is 0 Å². The number of aryl methyl sites for hydroxylation is 1. The van der Waals surface area contributed by atoms with Gasteiger partial charge in [-0.1, -0.05) is 18.2 Å². The molecule has 9 heteroatoms. The van der Waals surface area contributed by atoms with Crippen molar-refractivity contribution in [1.29, 1.82) is 0 Å². The molecule has 3 N–H and O–H groups in total. The molecule has 3 unspecified atom stereocenters. The molecule has 3 fully saturated rings. The molecule has 5 rings (SSSR count). The molecule has 3 amide bonds. The number of hydrogen-bond acceptors (Lipinski definition) is 6. The molecular formula is C26H32N4O5. The monoisotopic (exact) mass is 480 g/mol. The van der Waals surface area contributed by atoms with E-state index in [1.165, 1.54) is 11.2 Å². The molecule has 2 aromatic rings. The van der Waals surface area contributed by atoms with Crippen LogP contribution in [0.5, 0.6) is 0 Å². The van der Waals surface area contributed by atoms with Crippen molar-refractivity contribution in [3.05, 3.63) is 59.5 Å². The summed E-state index contributed by atoms with van der Waals surface area (Å²) in [6.07, 6.45) is 2.73. The molecule has 0 bridgehead atoms. The lowest BCUT2D eigenvalue weighted by Gasteiger charge is -2.28. The number of carbonyl (C=O) groups is 3. The highest BCUT2D eigenvalue weighted by Crippen LogP contribution is 2.33. The molecule has 3 saturated heterocycles. The van der Waals surface area contributed by atoms with Gasteiger partial charge >= 0.3 is 0 Å². The van der Waals surface area contributed by atoms with Gasteiger partial charge in [-0.15, -0.1) is 0 Å². The van der Waals surface area contributed by atoms with Gasteiger partial charge in [0.15, 0.2) is 5.76 Å². The van der Waals surface area contributed by atoms with Crippen LogP contribution < -0.4 is 5.73 Å². The second kappa shape index (κ2) is 9.83. The van der Waals surface area contributed by atoms with E-state index < -0.39 is 12.1 Å². The Labute approximate surface area is 204 Å². The standard InChI is InChI=1S/C26H32N4O5/c27-24(32)21-7-2-1-5-17(21)6-3-9-28-12-18-14-29(15-19(18)13-28)25(33)22-11-20(31)16-30(22)26(34)23-8-4-10-35-23/h1-2,4-5,7-8,10,18-20,22,31H,3,6,9,11-16H2,(H2,27,32)/t18?,19?,20-,22?/m0/s1. The summed E-state index contributed by atoms with van der Waals surface area (Å²) >= 11 is 0. The minimum absolute atomic E-state index is 0.0783. The number of hydrogen-bond donors (Lipinski definition) is 2. The van der Waals surface area contributed by atoms with E-state index in [1.54, 1.807) is 18.2 Å². The molecule has 3 aliphatic rings. The number of benzene rings is 1. The van der Waals surface area contributed by atoms with Gasteiger partial charge in [0.1, 0.15) is 6.04 Å².